The van der Waals surface area contributed by atoms with Gasteiger partial charge >= 0.3 is 5.97 Å². The van der Waals surface area contributed by atoms with Crippen molar-refractivity contribution in [2.24, 2.45) is 0 Å². The summed E-state index contributed by atoms with van der Waals surface area (Å²) in [5.74, 6) is -1.36. The van der Waals surface area contributed by atoms with Crippen molar-refractivity contribution in [1.82, 2.24) is 5.32 Å². The smallest absolute Gasteiger partial charge is 0.328 e. The molecule has 2 rings (SSSR count). The molecule has 2 unspecified atom stereocenters. The highest BCUT2D eigenvalue weighted by Crippen LogP contribution is 2.39. The highest BCUT2D eigenvalue weighted by Gasteiger charge is 2.27. The van der Waals surface area contributed by atoms with Gasteiger partial charge in [-0.15, -0.1) is 0 Å². The predicted molar refractivity (Wildman–Crippen MR) is 68.1 cm³/mol. The first-order valence-corrected chi connectivity index (χ1v) is 6.09. The Morgan fingerprint density at radius 2 is 2.10 bits per heavy atom. The number of nitrogens with one attached hydrogen (secondary N) is 1. The van der Waals surface area contributed by atoms with E-state index >= 15 is 0 Å². The number of hydrogen-bond acceptors (Lipinski definition) is 5. The van der Waals surface area contributed by atoms with E-state index in [2.05, 4.69) is 5.32 Å². The van der Waals surface area contributed by atoms with Gasteiger partial charge < -0.3 is 25.0 Å². The predicted octanol–water partition coefficient (Wildman–Crippen LogP) is 0.632. The van der Waals surface area contributed by atoms with Gasteiger partial charge in [0.2, 0.25) is 6.79 Å². The number of hydrogen-bond donors (Lipinski definition) is 3. The topological polar surface area (TPSA) is 105 Å². The number of carbonyl (C=O) groups is 2. The number of halogens is 1. The van der Waals surface area contributed by atoms with Crippen LogP contribution in [0.1, 0.15) is 17.3 Å². The zero-order valence-electron chi connectivity index (χ0n) is 10.4. The molecule has 0 saturated carbocycles. The summed E-state index contributed by atoms with van der Waals surface area (Å²) in [5.41, 5.74) is 0.117. The Morgan fingerprint density at radius 1 is 1.40 bits per heavy atom. The Kier molecular flexibility index (Phi) is 4.01. The van der Waals surface area contributed by atoms with Gasteiger partial charge in [0.25, 0.3) is 5.91 Å². The molecule has 0 radical (unpaired) electrons. The first kappa shape index (κ1) is 14.4. The average Bonchev–Trinajstić information content (AvgIpc) is 2.83. The Hall–Kier alpha value is -1.99. The van der Waals surface area contributed by atoms with E-state index in [0.717, 1.165) is 0 Å². The zero-order chi connectivity index (χ0) is 14.9. The molecule has 0 aliphatic carbocycles. The van der Waals surface area contributed by atoms with E-state index in [-0.39, 0.29) is 17.4 Å². The molecule has 20 heavy (non-hydrogen) atoms. The molecule has 1 aromatic rings. The molecule has 0 fully saturated rings. The van der Waals surface area contributed by atoms with Gasteiger partial charge in [-0.1, -0.05) is 11.6 Å². The lowest BCUT2D eigenvalue weighted by molar-refractivity contribution is -0.141. The number of rotatable bonds is 4. The standard InChI is InChI=1S/C12H12ClNO6/c1-5(15)9(12(17)18)14-11(16)6-2-7(13)10-8(3-6)19-4-20-10/h2-3,5,9,15H,4H2,1H3,(H,14,16)(H,17,18). The summed E-state index contributed by atoms with van der Waals surface area (Å²) in [4.78, 5) is 22.9. The van der Waals surface area contributed by atoms with Crippen LogP contribution in [0.2, 0.25) is 5.02 Å². The molecule has 1 amide bonds. The molecule has 1 aromatic carbocycles. The fourth-order valence-electron chi connectivity index (χ4n) is 1.71. The van der Waals surface area contributed by atoms with Crippen molar-refractivity contribution in [1.29, 1.82) is 0 Å². The number of ether oxygens (including phenoxy) is 2. The van der Waals surface area contributed by atoms with Crippen molar-refractivity contribution in [3.05, 3.63) is 22.7 Å². The van der Waals surface area contributed by atoms with Gasteiger partial charge in [0.05, 0.1) is 11.1 Å². The van der Waals surface area contributed by atoms with Crippen LogP contribution >= 0.6 is 11.6 Å². The highest BCUT2D eigenvalue weighted by atomic mass is 35.5. The van der Waals surface area contributed by atoms with Crippen LogP contribution in [0, 0.1) is 0 Å². The molecule has 0 saturated heterocycles. The van der Waals surface area contributed by atoms with Crippen LogP contribution in [0.5, 0.6) is 11.5 Å². The quantitative estimate of drug-likeness (QED) is 0.753. The first-order valence-electron chi connectivity index (χ1n) is 5.71. The summed E-state index contributed by atoms with van der Waals surface area (Å²) in [6, 6.07) is 1.32. The van der Waals surface area contributed by atoms with Crippen LogP contribution in [0.3, 0.4) is 0 Å². The molecule has 0 aromatic heterocycles. The van der Waals surface area contributed by atoms with Crippen molar-refractivity contribution < 1.29 is 29.3 Å². The number of carboxylic acid groups (broad SMARTS) is 1. The van der Waals surface area contributed by atoms with Crippen LogP contribution in [-0.4, -0.2) is 41.0 Å². The summed E-state index contributed by atoms with van der Waals surface area (Å²) in [6.45, 7) is 1.28. The van der Waals surface area contributed by atoms with Crippen LogP contribution in [0.4, 0.5) is 0 Å². The number of aliphatic hydroxyl groups is 1. The fourth-order valence-corrected chi connectivity index (χ4v) is 1.98. The number of carboxylic acids is 1. The SMILES string of the molecule is CC(O)C(NC(=O)c1cc(Cl)c2c(c1)OCO2)C(=O)O. The zero-order valence-corrected chi connectivity index (χ0v) is 11.2. The minimum Gasteiger partial charge on any atom is -0.480 e. The van der Waals surface area contributed by atoms with E-state index in [4.69, 9.17) is 26.2 Å². The molecule has 3 N–H and O–H groups in total. The largest absolute Gasteiger partial charge is 0.480 e. The maximum atomic E-state index is 12.0. The number of aliphatic hydroxyl groups excluding tert-OH is 1. The second-order valence-electron chi connectivity index (χ2n) is 4.22. The minimum absolute atomic E-state index is 0.00551. The molecule has 0 spiro atoms. The molecule has 7 nitrogen and oxygen atoms in total. The van der Waals surface area contributed by atoms with Crippen molar-refractivity contribution in [2.45, 2.75) is 19.1 Å². The maximum absolute atomic E-state index is 12.0. The van der Waals surface area contributed by atoms with Gasteiger partial charge in [-0.25, -0.2) is 4.79 Å². The lowest BCUT2D eigenvalue weighted by Crippen LogP contribution is -2.47. The van der Waals surface area contributed by atoms with E-state index in [0.29, 0.717) is 11.5 Å². The van der Waals surface area contributed by atoms with Crippen LogP contribution in [-0.2, 0) is 4.79 Å². The number of aliphatic carboxylic acids is 1. The molecule has 8 heteroatoms. The number of amides is 1. The minimum atomic E-state index is -1.41. The third-order valence-electron chi connectivity index (χ3n) is 2.72. The summed E-state index contributed by atoms with van der Waals surface area (Å²) >= 11 is 5.93. The monoisotopic (exact) mass is 301 g/mol. The molecule has 2 atom stereocenters. The van der Waals surface area contributed by atoms with Gasteiger partial charge in [-0.05, 0) is 19.1 Å². The van der Waals surface area contributed by atoms with Gasteiger partial charge in [0.1, 0.15) is 0 Å². The van der Waals surface area contributed by atoms with E-state index in [9.17, 15) is 14.7 Å². The second-order valence-corrected chi connectivity index (χ2v) is 4.63. The summed E-state index contributed by atoms with van der Waals surface area (Å²) in [6.07, 6.45) is -1.24. The van der Waals surface area contributed by atoms with E-state index in [1.807, 2.05) is 0 Å². The van der Waals surface area contributed by atoms with Crippen molar-refractivity contribution in [3.63, 3.8) is 0 Å². The van der Waals surface area contributed by atoms with Gasteiger partial charge in [-0.2, -0.15) is 0 Å². The summed E-state index contributed by atoms with van der Waals surface area (Å²) < 4.78 is 10.2. The molecular weight excluding hydrogens is 290 g/mol. The molecule has 0 bridgehead atoms. The average molecular weight is 302 g/mol. The van der Waals surface area contributed by atoms with Gasteiger partial charge in [0.15, 0.2) is 17.5 Å². The molecular formula is C12H12ClNO6. The molecule has 1 aliphatic rings. The van der Waals surface area contributed by atoms with Crippen LogP contribution in [0.15, 0.2) is 12.1 Å². The fraction of sp³-hybridized carbons (Fsp3) is 0.333. The summed E-state index contributed by atoms with van der Waals surface area (Å²) in [5, 5.41) is 20.6. The molecule has 1 aliphatic heterocycles. The van der Waals surface area contributed by atoms with E-state index in [1.54, 1.807) is 0 Å². The van der Waals surface area contributed by atoms with Crippen molar-refractivity contribution in [3.8, 4) is 11.5 Å². The lowest BCUT2D eigenvalue weighted by atomic mass is 10.1. The Balaban J connectivity index is 2.22. The first-order chi connectivity index (χ1) is 9.40. The molecule has 1 heterocycles. The maximum Gasteiger partial charge on any atom is 0.328 e. The van der Waals surface area contributed by atoms with Crippen LogP contribution < -0.4 is 14.8 Å². The second kappa shape index (κ2) is 5.56. The number of benzene rings is 1. The Morgan fingerprint density at radius 3 is 2.70 bits per heavy atom. The van der Waals surface area contributed by atoms with E-state index < -0.39 is 24.0 Å². The van der Waals surface area contributed by atoms with E-state index in [1.165, 1.54) is 19.1 Å². The molecule has 108 valence electrons. The third-order valence-corrected chi connectivity index (χ3v) is 3.01. The summed E-state index contributed by atoms with van der Waals surface area (Å²) in [7, 11) is 0. The number of carbonyl (C=O) groups excluding carboxylic acids is 1. The lowest BCUT2D eigenvalue weighted by Gasteiger charge is -2.17. The van der Waals surface area contributed by atoms with Crippen molar-refractivity contribution >= 4 is 23.5 Å². The Bertz CT molecular complexity index is 559. The number of fused-ring (bicyclic) bond motifs is 1. The Labute approximate surface area is 119 Å². The normalized spacial score (nSPS) is 15.6. The van der Waals surface area contributed by atoms with Crippen LogP contribution in [0.25, 0.3) is 0 Å². The van der Waals surface area contributed by atoms with Gasteiger partial charge in [-0.3, -0.25) is 4.79 Å². The van der Waals surface area contributed by atoms with Gasteiger partial charge in [0, 0.05) is 5.56 Å². The third kappa shape index (κ3) is 2.78. The van der Waals surface area contributed by atoms with Crippen molar-refractivity contribution in [2.75, 3.05) is 6.79 Å². The highest BCUT2D eigenvalue weighted by molar-refractivity contribution is 6.32.